The molecule has 0 fully saturated rings. The molecular formula is C21H22F2N4O3. The summed E-state index contributed by atoms with van der Waals surface area (Å²) in [7, 11) is 3.27. The average Bonchev–Trinajstić information content (AvgIpc) is 2.89. The van der Waals surface area contributed by atoms with Crippen LogP contribution in [0.1, 0.15) is 24.2 Å². The third-order valence-corrected chi connectivity index (χ3v) is 4.97. The molecule has 9 heteroatoms. The van der Waals surface area contributed by atoms with Crippen molar-refractivity contribution in [2.75, 3.05) is 5.32 Å². The van der Waals surface area contributed by atoms with Crippen LogP contribution in [0.15, 0.2) is 41.2 Å². The molecule has 0 saturated carbocycles. The smallest absolute Gasteiger partial charge is 0.328 e. The van der Waals surface area contributed by atoms with E-state index < -0.39 is 35.1 Å². The van der Waals surface area contributed by atoms with Crippen molar-refractivity contribution < 1.29 is 18.4 Å². The number of imidazole rings is 1. The summed E-state index contributed by atoms with van der Waals surface area (Å²) in [4.78, 5) is 37.3. The van der Waals surface area contributed by atoms with Crippen LogP contribution in [0.25, 0.3) is 11.0 Å². The predicted octanol–water partition coefficient (Wildman–Crippen LogP) is 2.55. The standard InChI is InChI=1S/C21H22F2N4O3/c1-11(2)18(25-19(28)17-13(22)6-5-7-14(17)23)20(29)24-12-8-9-15-16(10-12)27(4)21(30)26(15)3/h5-11,18H,1-4H3,(H,24,29)(H,25,28). The molecule has 2 amide bonds. The zero-order valence-corrected chi connectivity index (χ0v) is 17.0. The Labute approximate surface area is 171 Å². The number of halogens is 2. The normalized spacial score (nSPS) is 12.2. The van der Waals surface area contributed by atoms with Crippen LogP contribution < -0.4 is 16.3 Å². The molecule has 1 aromatic heterocycles. The fourth-order valence-electron chi connectivity index (χ4n) is 3.27. The van der Waals surface area contributed by atoms with Crippen LogP contribution in [0, 0.1) is 17.6 Å². The maximum absolute atomic E-state index is 13.9. The van der Waals surface area contributed by atoms with E-state index in [0.29, 0.717) is 16.7 Å². The van der Waals surface area contributed by atoms with Gasteiger partial charge in [0, 0.05) is 19.8 Å². The highest BCUT2D eigenvalue weighted by atomic mass is 19.1. The summed E-state index contributed by atoms with van der Waals surface area (Å²) in [6, 6.07) is 7.04. The van der Waals surface area contributed by atoms with Gasteiger partial charge in [0.25, 0.3) is 5.91 Å². The number of hydrogen-bond acceptors (Lipinski definition) is 3. The molecule has 3 aromatic rings. The fraction of sp³-hybridized carbons (Fsp3) is 0.286. The quantitative estimate of drug-likeness (QED) is 0.670. The van der Waals surface area contributed by atoms with Gasteiger partial charge in [0.2, 0.25) is 5.91 Å². The first-order valence-corrected chi connectivity index (χ1v) is 9.33. The SMILES string of the molecule is CC(C)C(NC(=O)c1c(F)cccc1F)C(=O)Nc1ccc2c(c1)n(C)c(=O)n2C. The van der Waals surface area contributed by atoms with Crippen LogP contribution in [0.4, 0.5) is 14.5 Å². The highest BCUT2D eigenvalue weighted by molar-refractivity contribution is 6.02. The molecule has 2 aromatic carbocycles. The van der Waals surface area contributed by atoms with E-state index in [1.165, 1.54) is 9.13 Å². The number of aryl methyl sites for hydroxylation is 2. The summed E-state index contributed by atoms with van der Waals surface area (Å²) < 4.78 is 30.7. The van der Waals surface area contributed by atoms with Gasteiger partial charge in [0.1, 0.15) is 23.2 Å². The topological polar surface area (TPSA) is 85.1 Å². The Bertz CT molecular complexity index is 1180. The van der Waals surface area contributed by atoms with E-state index in [9.17, 15) is 23.2 Å². The van der Waals surface area contributed by atoms with Gasteiger partial charge in [-0.2, -0.15) is 0 Å². The molecule has 0 bridgehead atoms. The van der Waals surface area contributed by atoms with E-state index in [1.54, 1.807) is 46.1 Å². The number of hydrogen-bond donors (Lipinski definition) is 2. The largest absolute Gasteiger partial charge is 0.340 e. The molecule has 1 heterocycles. The Kier molecular flexibility index (Phi) is 5.73. The van der Waals surface area contributed by atoms with Gasteiger partial charge in [-0.1, -0.05) is 19.9 Å². The van der Waals surface area contributed by atoms with Crippen LogP contribution in [-0.2, 0) is 18.9 Å². The molecule has 0 aliphatic heterocycles. The molecule has 30 heavy (non-hydrogen) atoms. The van der Waals surface area contributed by atoms with Crippen molar-refractivity contribution in [3.05, 3.63) is 64.1 Å². The van der Waals surface area contributed by atoms with Gasteiger partial charge >= 0.3 is 5.69 Å². The summed E-state index contributed by atoms with van der Waals surface area (Å²) in [6.07, 6.45) is 0. The number of nitrogens with one attached hydrogen (secondary N) is 2. The number of benzene rings is 2. The minimum atomic E-state index is -1.04. The van der Waals surface area contributed by atoms with Gasteiger partial charge in [0.05, 0.1) is 11.0 Å². The number of nitrogens with zero attached hydrogens (tertiary/aromatic N) is 2. The minimum Gasteiger partial charge on any atom is -0.340 e. The summed E-state index contributed by atoms with van der Waals surface area (Å²) >= 11 is 0. The number of carbonyl (C=O) groups excluding carboxylic acids is 2. The van der Waals surface area contributed by atoms with Crippen molar-refractivity contribution >= 4 is 28.5 Å². The monoisotopic (exact) mass is 416 g/mol. The number of fused-ring (bicyclic) bond motifs is 1. The van der Waals surface area contributed by atoms with Gasteiger partial charge < -0.3 is 10.6 Å². The number of amides is 2. The van der Waals surface area contributed by atoms with Crippen LogP contribution in [0.3, 0.4) is 0 Å². The first kappa shape index (κ1) is 21.2. The van der Waals surface area contributed by atoms with Gasteiger partial charge in [-0.25, -0.2) is 13.6 Å². The summed E-state index contributed by atoms with van der Waals surface area (Å²) in [5.41, 5.74) is 0.804. The van der Waals surface area contributed by atoms with E-state index >= 15 is 0 Å². The molecule has 3 rings (SSSR count). The maximum atomic E-state index is 13.9. The Hall–Kier alpha value is -3.49. The number of rotatable bonds is 5. The van der Waals surface area contributed by atoms with Gasteiger partial charge in [-0.15, -0.1) is 0 Å². The number of anilines is 1. The molecule has 1 atom stereocenters. The van der Waals surface area contributed by atoms with Crippen LogP contribution in [0.5, 0.6) is 0 Å². The van der Waals surface area contributed by atoms with Gasteiger partial charge in [0.15, 0.2) is 0 Å². The van der Waals surface area contributed by atoms with Crippen LogP contribution in [-0.4, -0.2) is 27.0 Å². The molecule has 0 saturated heterocycles. The molecule has 1 unspecified atom stereocenters. The first-order valence-electron chi connectivity index (χ1n) is 9.33. The second kappa shape index (κ2) is 8.10. The highest BCUT2D eigenvalue weighted by Gasteiger charge is 2.27. The maximum Gasteiger partial charge on any atom is 0.328 e. The van der Waals surface area contributed by atoms with Gasteiger partial charge in [-0.3, -0.25) is 18.7 Å². The molecule has 0 aliphatic carbocycles. The second-order valence-electron chi connectivity index (χ2n) is 7.39. The molecule has 7 nitrogen and oxygen atoms in total. The zero-order valence-electron chi connectivity index (χ0n) is 17.0. The Morgan fingerprint density at radius 2 is 1.57 bits per heavy atom. The Morgan fingerprint density at radius 1 is 0.967 bits per heavy atom. The van der Waals surface area contributed by atoms with Crippen molar-refractivity contribution in [2.24, 2.45) is 20.0 Å². The molecule has 0 radical (unpaired) electrons. The van der Waals surface area contributed by atoms with E-state index in [1.807, 2.05) is 0 Å². The fourth-order valence-corrected chi connectivity index (χ4v) is 3.27. The van der Waals surface area contributed by atoms with E-state index in [4.69, 9.17) is 0 Å². The van der Waals surface area contributed by atoms with Crippen molar-refractivity contribution in [2.45, 2.75) is 19.9 Å². The molecule has 0 aliphatic rings. The third kappa shape index (κ3) is 3.83. The lowest BCUT2D eigenvalue weighted by Crippen LogP contribution is -2.47. The van der Waals surface area contributed by atoms with Crippen molar-refractivity contribution in [3.8, 4) is 0 Å². The third-order valence-electron chi connectivity index (χ3n) is 4.97. The Balaban J connectivity index is 1.84. The van der Waals surface area contributed by atoms with Crippen molar-refractivity contribution in [3.63, 3.8) is 0 Å². The van der Waals surface area contributed by atoms with E-state index in [-0.39, 0.29) is 11.6 Å². The summed E-state index contributed by atoms with van der Waals surface area (Å²) in [6.45, 7) is 3.40. The lowest BCUT2D eigenvalue weighted by atomic mass is 10.0. The molecule has 2 N–H and O–H groups in total. The molecular weight excluding hydrogens is 394 g/mol. The predicted molar refractivity (Wildman–Crippen MR) is 109 cm³/mol. The average molecular weight is 416 g/mol. The molecule has 0 spiro atoms. The second-order valence-corrected chi connectivity index (χ2v) is 7.39. The first-order chi connectivity index (χ1) is 14.1. The van der Waals surface area contributed by atoms with Crippen molar-refractivity contribution in [1.29, 1.82) is 0 Å². The van der Waals surface area contributed by atoms with E-state index in [2.05, 4.69) is 10.6 Å². The molecule has 158 valence electrons. The van der Waals surface area contributed by atoms with Crippen molar-refractivity contribution in [1.82, 2.24) is 14.5 Å². The van der Waals surface area contributed by atoms with Crippen LogP contribution >= 0.6 is 0 Å². The Morgan fingerprint density at radius 3 is 2.17 bits per heavy atom. The summed E-state index contributed by atoms with van der Waals surface area (Å²) in [5.74, 6) is -3.93. The zero-order chi connectivity index (χ0) is 22.2. The summed E-state index contributed by atoms with van der Waals surface area (Å²) in [5, 5.41) is 5.10. The van der Waals surface area contributed by atoms with Crippen LogP contribution in [0.2, 0.25) is 0 Å². The minimum absolute atomic E-state index is 0.201. The van der Waals surface area contributed by atoms with E-state index in [0.717, 1.165) is 18.2 Å². The lowest BCUT2D eigenvalue weighted by molar-refractivity contribution is -0.118. The van der Waals surface area contributed by atoms with Gasteiger partial charge in [-0.05, 0) is 36.2 Å². The number of aromatic nitrogens is 2. The lowest BCUT2D eigenvalue weighted by Gasteiger charge is -2.22. The number of carbonyl (C=O) groups is 2. The highest BCUT2D eigenvalue weighted by Crippen LogP contribution is 2.19.